The molecular formula is C33H49N3O8. The first-order valence-electron chi connectivity index (χ1n) is 15.2. The predicted molar refractivity (Wildman–Crippen MR) is 167 cm³/mol. The van der Waals surface area contributed by atoms with Gasteiger partial charge < -0.3 is 36.4 Å². The number of hydrogen-bond acceptors (Lipinski definition) is 9. The van der Waals surface area contributed by atoms with Crippen LogP contribution in [0.5, 0.6) is 0 Å². The second kappa shape index (κ2) is 17.8. The molecule has 11 heteroatoms. The molecule has 2 aliphatic rings. The van der Waals surface area contributed by atoms with E-state index in [0.717, 1.165) is 13.0 Å². The smallest absolute Gasteiger partial charge is 0.405 e. The highest BCUT2D eigenvalue weighted by Gasteiger charge is 2.33. The van der Waals surface area contributed by atoms with E-state index in [-0.39, 0.29) is 36.0 Å². The van der Waals surface area contributed by atoms with Crippen LogP contribution in [0.2, 0.25) is 0 Å². The number of nitrogens with two attached hydrogens (primary N) is 1. The lowest BCUT2D eigenvalue weighted by Crippen LogP contribution is -2.34. The number of aliphatic hydroxyl groups is 3. The SMILES string of the molecule is CNCCCCC1=C2C[C@@H](C)C[C@H](CO)[C@H](O)[C@@H](C)/C=C(\C)[C@H](OC(N)=O)[C@@H](CO)/C=C\C=C(/C)C(=O)NC(=CC1=O)C2=O. The highest BCUT2D eigenvalue weighted by molar-refractivity contribution is 6.23. The number of amides is 2. The van der Waals surface area contributed by atoms with E-state index in [1.807, 2.05) is 14.0 Å². The number of unbranched alkanes of at least 4 members (excludes halogenated alkanes) is 1. The summed E-state index contributed by atoms with van der Waals surface area (Å²) in [6, 6.07) is 0. The van der Waals surface area contributed by atoms with E-state index in [1.165, 1.54) is 18.2 Å². The van der Waals surface area contributed by atoms with E-state index in [2.05, 4.69) is 10.6 Å². The van der Waals surface area contributed by atoms with Gasteiger partial charge in [0.1, 0.15) is 6.10 Å². The topological polar surface area (TPSA) is 188 Å². The second-order valence-electron chi connectivity index (χ2n) is 11.9. The van der Waals surface area contributed by atoms with Crippen molar-refractivity contribution in [2.24, 2.45) is 29.4 Å². The van der Waals surface area contributed by atoms with Gasteiger partial charge in [-0.15, -0.1) is 0 Å². The van der Waals surface area contributed by atoms with Gasteiger partial charge in [-0.05, 0) is 71.0 Å². The third kappa shape index (κ3) is 10.4. The van der Waals surface area contributed by atoms with Crippen molar-refractivity contribution in [3.8, 4) is 0 Å². The molecule has 0 saturated heterocycles. The number of nitrogens with one attached hydrogen (secondary N) is 2. The largest absolute Gasteiger partial charge is 0.441 e. The zero-order chi connectivity index (χ0) is 33.0. The number of carbonyl (C=O) groups is 4. The molecule has 0 fully saturated rings. The van der Waals surface area contributed by atoms with Crippen LogP contribution in [0.1, 0.15) is 59.8 Å². The minimum Gasteiger partial charge on any atom is -0.441 e. The van der Waals surface area contributed by atoms with Gasteiger partial charge in [0.05, 0.1) is 18.4 Å². The van der Waals surface area contributed by atoms with Gasteiger partial charge in [0.15, 0.2) is 5.78 Å². The van der Waals surface area contributed by atoms with E-state index in [4.69, 9.17) is 10.5 Å². The molecule has 1 aliphatic heterocycles. The van der Waals surface area contributed by atoms with Crippen LogP contribution in [0, 0.1) is 23.7 Å². The monoisotopic (exact) mass is 615 g/mol. The molecule has 2 amide bonds. The molecule has 11 nitrogen and oxygen atoms in total. The Balaban J connectivity index is 2.59. The van der Waals surface area contributed by atoms with Gasteiger partial charge in [0.25, 0.3) is 5.91 Å². The number of aliphatic hydroxyl groups excluding tert-OH is 3. The summed E-state index contributed by atoms with van der Waals surface area (Å²) in [5.41, 5.74) is 6.76. The van der Waals surface area contributed by atoms with E-state index < -0.39 is 54.4 Å². The summed E-state index contributed by atoms with van der Waals surface area (Å²) in [5.74, 6) is -3.31. The third-order valence-electron chi connectivity index (χ3n) is 8.20. The maximum atomic E-state index is 13.7. The van der Waals surface area contributed by atoms with Crippen molar-refractivity contribution >= 4 is 23.6 Å². The van der Waals surface area contributed by atoms with E-state index in [9.17, 15) is 34.5 Å². The van der Waals surface area contributed by atoms with Crippen LogP contribution >= 0.6 is 0 Å². The van der Waals surface area contributed by atoms with E-state index in [0.29, 0.717) is 36.0 Å². The number of allylic oxidation sites excluding steroid dienone is 5. The van der Waals surface area contributed by atoms with Crippen molar-refractivity contribution < 1.29 is 39.2 Å². The molecule has 7 N–H and O–H groups in total. The Bertz CT molecular complexity index is 1220. The Morgan fingerprint density at radius 1 is 1.14 bits per heavy atom. The molecule has 0 unspecified atom stereocenters. The fraction of sp³-hybridized carbons (Fsp3) is 0.576. The quantitative estimate of drug-likeness (QED) is 0.135. The lowest BCUT2D eigenvalue weighted by molar-refractivity contribution is -0.120. The van der Waals surface area contributed by atoms with Crippen molar-refractivity contribution in [3.05, 3.63) is 58.4 Å². The summed E-state index contributed by atoms with van der Waals surface area (Å²) in [6.45, 7) is 6.94. The summed E-state index contributed by atoms with van der Waals surface area (Å²) >= 11 is 0. The number of hydrogen-bond donors (Lipinski definition) is 6. The van der Waals surface area contributed by atoms with Crippen LogP contribution in [0.3, 0.4) is 0 Å². The number of primary amides is 1. The lowest BCUT2D eigenvalue weighted by Gasteiger charge is -2.30. The van der Waals surface area contributed by atoms with Crippen LogP contribution in [-0.2, 0) is 19.1 Å². The molecule has 0 radical (unpaired) electrons. The molecule has 0 spiro atoms. The van der Waals surface area contributed by atoms with Gasteiger partial charge in [-0.1, -0.05) is 38.2 Å². The second-order valence-corrected chi connectivity index (χ2v) is 11.9. The molecule has 2 rings (SSSR count). The molecule has 0 saturated carbocycles. The number of ether oxygens (including phenoxy) is 1. The zero-order valence-corrected chi connectivity index (χ0v) is 26.5. The van der Waals surface area contributed by atoms with Crippen molar-refractivity contribution in [1.82, 2.24) is 10.6 Å². The van der Waals surface area contributed by atoms with Gasteiger partial charge >= 0.3 is 6.09 Å². The number of rotatable bonds is 8. The molecule has 1 heterocycles. The number of fused-ring (bicyclic) bond motifs is 2. The molecule has 44 heavy (non-hydrogen) atoms. The normalized spacial score (nSPS) is 30.9. The first-order valence-corrected chi connectivity index (χ1v) is 15.2. The molecule has 1 aliphatic carbocycles. The Morgan fingerprint density at radius 2 is 1.84 bits per heavy atom. The van der Waals surface area contributed by atoms with Gasteiger partial charge in [-0.25, -0.2) is 4.79 Å². The van der Waals surface area contributed by atoms with Crippen LogP contribution in [0.25, 0.3) is 0 Å². The van der Waals surface area contributed by atoms with Crippen LogP contribution < -0.4 is 16.4 Å². The van der Waals surface area contributed by atoms with Gasteiger partial charge in [-0.3, -0.25) is 14.4 Å². The predicted octanol–water partition coefficient (Wildman–Crippen LogP) is 2.38. The summed E-state index contributed by atoms with van der Waals surface area (Å²) in [7, 11) is 1.85. The highest BCUT2D eigenvalue weighted by Crippen LogP contribution is 2.32. The Labute approximate surface area is 260 Å². The first kappa shape index (κ1) is 36.8. The maximum Gasteiger partial charge on any atom is 0.405 e. The zero-order valence-electron chi connectivity index (χ0n) is 26.5. The van der Waals surface area contributed by atoms with Crippen LogP contribution in [0.4, 0.5) is 4.79 Å². The van der Waals surface area contributed by atoms with Crippen molar-refractivity contribution in [2.75, 3.05) is 26.8 Å². The van der Waals surface area contributed by atoms with Gasteiger partial charge in [0, 0.05) is 47.2 Å². The lowest BCUT2D eigenvalue weighted by atomic mass is 9.79. The molecule has 0 aromatic carbocycles. The average molecular weight is 616 g/mol. The van der Waals surface area contributed by atoms with Gasteiger partial charge in [0.2, 0.25) is 5.78 Å². The Hall–Kier alpha value is -3.38. The number of Topliss-reactive ketones (excluding diaryl/α,β-unsaturated/α-hetero) is 1. The molecule has 6 atom stereocenters. The van der Waals surface area contributed by atoms with Crippen molar-refractivity contribution in [3.63, 3.8) is 0 Å². The van der Waals surface area contributed by atoms with Crippen molar-refractivity contribution in [2.45, 2.75) is 72.0 Å². The molecular weight excluding hydrogens is 566 g/mol. The summed E-state index contributed by atoms with van der Waals surface area (Å²) in [6.07, 6.45) is 7.00. The Kier molecular flexibility index (Phi) is 14.9. The van der Waals surface area contributed by atoms with Crippen LogP contribution in [0.15, 0.2) is 58.4 Å². The van der Waals surface area contributed by atoms with E-state index >= 15 is 0 Å². The van der Waals surface area contributed by atoms with Crippen LogP contribution in [-0.4, -0.2) is 77.9 Å². The van der Waals surface area contributed by atoms with E-state index in [1.54, 1.807) is 32.9 Å². The summed E-state index contributed by atoms with van der Waals surface area (Å²) in [4.78, 5) is 51.7. The molecule has 0 aromatic heterocycles. The van der Waals surface area contributed by atoms with Crippen molar-refractivity contribution in [1.29, 1.82) is 0 Å². The molecule has 2 bridgehead atoms. The summed E-state index contributed by atoms with van der Waals surface area (Å²) in [5, 5.41) is 37.2. The first-order chi connectivity index (χ1) is 20.8. The average Bonchev–Trinajstić information content (AvgIpc) is 2.97. The standard InChI is InChI=1S/C33H49N3O8/c1-19-13-24(18-38)29(40)21(3)15-22(4)31(44-33(34)43)23(17-37)10-8-9-20(2)32(42)36-27-16-28(39)25(11-6-7-12-35-5)26(14-19)30(27)41/h8-10,15-16,19,21,23-24,29,31,35,37-38,40H,6-7,11-14,17-18H2,1-5H3,(H2,34,43)(H,36,42)/b10-8-,20-9+,22-15+/t19-,21-,23+,24+,29+,31-/m0/s1. The Morgan fingerprint density at radius 3 is 2.45 bits per heavy atom. The summed E-state index contributed by atoms with van der Waals surface area (Å²) < 4.78 is 5.33. The fourth-order valence-corrected chi connectivity index (χ4v) is 5.77. The minimum absolute atomic E-state index is 0.105. The number of ketones is 2. The number of carbonyl (C=O) groups excluding carboxylic acids is 4. The third-order valence-corrected chi connectivity index (χ3v) is 8.20. The highest BCUT2D eigenvalue weighted by atomic mass is 16.6. The van der Waals surface area contributed by atoms with Gasteiger partial charge in [-0.2, -0.15) is 0 Å². The molecule has 244 valence electrons. The maximum absolute atomic E-state index is 13.7. The minimum atomic E-state index is -1.04. The molecule has 0 aromatic rings. The fourth-order valence-electron chi connectivity index (χ4n) is 5.77.